The topological polar surface area (TPSA) is 60.5 Å². The van der Waals surface area contributed by atoms with Gasteiger partial charge >= 0.3 is 0 Å². The fraction of sp³-hybridized carbons (Fsp3) is 0.0667. The van der Waals surface area contributed by atoms with Gasteiger partial charge in [0.15, 0.2) is 11.5 Å². The molecular weight excluding hydrogens is 256 g/mol. The van der Waals surface area contributed by atoms with Gasteiger partial charge in [-0.15, -0.1) is 0 Å². The molecule has 2 aromatic rings. The van der Waals surface area contributed by atoms with Gasteiger partial charge in [-0.2, -0.15) is 0 Å². The van der Waals surface area contributed by atoms with Crippen LogP contribution in [0.3, 0.4) is 0 Å². The highest BCUT2D eigenvalue weighted by Gasteiger charge is 2.28. The highest BCUT2D eigenvalue weighted by atomic mass is 16.7. The first-order valence-corrected chi connectivity index (χ1v) is 6.18. The molecule has 0 saturated heterocycles. The summed E-state index contributed by atoms with van der Waals surface area (Å²) in [5.41, 5.74) is 2.81. The number of Topliss-reactive ketones (excluding diaryl/α,β-unsaturated/α-hetero) is 1. The lowest BCUT2D eigenvalue weighted by Gasteiger charge is -2.00. The molecule has 5 heteroatoms. The second kappa shape index (κ2) is 4.09. The van der Waals surface area contributed by atoms with Gasteiger partial charge in [0.05, 0.1) is 16.9 Å². The summed E-state index contributed by atoms with van der Waals surface area (Å²) in [4.78, 5) is 16.3. The Morgan fingerprint density at radius 1 is 1.15 bits per heavy atom. The molecule has 0 saturated carbocycles. The number of rotatable bonds is 1. The number of carbonyl (C=O) groups is 1. The first-order chi connectivity index (χ1) is 9.81. The standard InChI is InChI=1S/C15H10N2O3/c18-15-10-6-13-14(20-8-19-13)7-11(10)17-12(15)5-9-1-3-16-4-2-9/h1-7,17H,8H2/b12-5-. The summed E-state index contributed by atoms with van der Waals surface area (Å²) >= 11 is 0. The van der Waals surface area contributed by atoms with Crippen molar-refractivity contribution in [3.05, 3.63) is 53.5 Å². The lowest BCUT2D eigenvalue weighted by Crippen LogP contribution is -2.00. The van der Waals surface area contributed by atoms with Crippen molar-refractivity contribution in [2.45, 2.75) is 0 Å². The fourth-order valence-corrected chi connectivity index (χ4v) is 2.31. The molecule has 1 N–H and O–H groups in total. The number of ether oxygens (including phenoxy) is 2. The number of allylic oxidation sites excluding steroid dienone is 1. The first-order valence-electron chi connectivity index (χ1n) is 6.18. The predicted molar refractivity (Wildman–Crippen MR) is 72.7 cm³/mol. The molecule has 0 amide bonds. The van der Waals surface area contributed by atoms with Crippen molar-refractivity contribution in [1.82, 2.24) is 4.98 Å². The number of carbonyl (C=O) groups excluding carboxylic acids is 1. The van der Waals surface area contributed by atoms with Gasteiger partial charge in [0.1, 0.15) is 0 Å². The highest BCUT2D eigenvalue weighted by Crippen LogP contribution is 2.41. The molecule has 4 rings (SSSR count). The maximum Gasteiger partial charge on any atom is 0.231 e. The van der Waals surface area contributed by atoms with Gasteiger partial charge in [0.25, 0.3) is 0 Å². The number of benzene rings is 1. The summed E-state index contributed by atoms with van der Waals surface area (Å²) in [5.74, 6) is 1.23. The number of pyridine rings is 1. The summed E-state index contributed by atoms with van der Waals surface area (Å²) < 4.78 is 10.6. The lowest BCUT2D eigenvalue weighted by atomic mass is 10.1. The number of nitrogens with one attached hydrogen (secondary N) is 1. The van der Waals surface area contributed by atoms with E-state index in [1.165, 1.54) is 0 Å². The zero-order valence-electron chi connectivity index (χ0n) is 10.4. The molecule has 0 unspecified atom stereocenters. The van der Waals surface area contributed by atoms with Crippen molar-refractivity contribution in [1.29, 1.82) is 0 Å². The van der Waals surface area contributed by atoms with Crippen LogP contribution in [0.4, 0.5) is 5.69 Å². The number of fused-ring (bicyclic) bond motifs is 2. The Bertz CT molecular complexity index is 738. The third kappa shape index (κ3) is 1.64. The molecule has 0 aliphatic carbocycles. The van der Waals surface area contributed by atoms with Crippen LogP contribution in [0.1, 0.15) is 15.9 Å². The third-order valence-electron chi connectivity index (χ3n) is 3.29. The zero-order chi connectivity index (χ0) is 13.5. The Hall–Kier alpha value is -2.82. The number of hydrogen-bond acceptors (Lipinski definition) is 5. The normalized spacial score (nSPS) is 17.2. The number of aromatic nitrogens is 1. The predicted octanol–water partition coefficient (Wildman–Crippen LogP) is 2.46. The Morgan fingerprint density at radius 3 is 2.70 bits per heavy atom. The summed E-state index contributed by atoms with van der Waals surface area (Å²) in [6.07, 6.45) is 5.18. The fourth-order valence-electron chi connectivity index (χ4n) is 2.31. The summed E-state index contributed by atoms with van der Waals surface area (Å²) in [6.45, 7) is 0.201. The van der Waals surface area contributed by atoms with Crippen LogP contribution in [0.25, 0.3) is 6.08 Å². The van der Waals surface area contributed by atoms with E-state index in [0.717, 1.165) is 11.3 Å². The Balaban J connectivity index is 1.74. The van der Waals surface area contributed by atoms with E-state index in [1.54, 1.807) is 30.6 Å². The van der Waals surface area contributed by atoms with E-state index in [2.05, 4.69) is 10.3 Å². The Labute approximate surface area is 114 Å². The second-order valence-corrected chi connectivity index (χ2v) is 4.54. The average Bonchev–Trinajstić information content (AvgIpc) is 3.03. The minimum atomic E-state index is -0.0462. The van der Waals surface area contributed by atoms with Crippen LogP contribution in [-0.4, -0.2) is 17.6 Å². The molecule has 2 aliphatic heterocycles. The molecule has 98 valence electrons. The van der Waals surface area contributed by atoms with Crippen molar-refractivity contribution < 1.29 is 14.3 Å². The molecule has 20 heavy (non-hydrogen) atoms. The molecule has 1 aromatic heterocycles. The third-order valence-corrected chi connectivity index (χ3v) is 3.29. The van der Waals surface area contributed by atoms with E-state index in [0.29, 0.717) is 22.8 Å². The van der Waals surface area contributed by atoms with E-state index < -0.39 is 0 Å². The smallest absolute Gasteiger partial charge is 0.231 e. The number of nitrogens with zero attached hydrogens (tertiary/aromatic N) is 1. The maximum atomic E-state index is 12.4. The van der Waals surface area contributed by atoms with Gasteiger partial charge in [-0.25, -0.2) is 0 Å². The van der Waals surface area contributed by atoms with Gasteiger partial charge in [0, 0.05) is 18.5 Å². The van der Waals surface area contributed by atoms with Gasteiger partial charge in [-0.1, -0.05) is 0 Å². The minimum absolute atomic E-state index is 0.0462. The van der Waals surface area contributed by atoms with Crippen molar-refractivity contribution >= 4 is 17.5 Å². The largest absolute Gasteiger partial charge is 0.454 e. The van der Waals surface area contributed by atoms with Crippen LogP contribution < -0.4 is 14.8 Å². The van der Waals surface area contributed by atoms with E-state index >= 15 is 0 Å². The van der Waals surface area contributed by atoms with Crippen molar-refractivity contribution in [3.8, 4) is 11.5 Å². The molecule has 1 aromatic carbocycles. The molecule has 0 bridgehead atoms. The van der Waals surface area contributed by atoms with Crippen LogP contribution >= 0.6 is 0 Å². The molecule has 2 aliphatic rings. The van der Waals surface area contributed by atoms with Crippen molar-refractivity contribution in [2.75, 3.05) is 12.1 Å². The van der Waals surface area contributed by atoms with Gasteiger partial charge in [-0.3, -0.25) is 9.78 Å². The highest BCUT2D eigenvalue weighted by molar-refractivity contribution is 6.21. The van der Waals surface area contributed by atoms with Crippen molar-refractivity contribution in [3.63, 3.8) is 0 Å². The quantitative estimate of drug-likeness (QED) is 0.803. The minimum Gasteiger partial charge on any atom is -0.454 e. The molecule has 0 radical (unpaired) electrons. The molecule has 0 fully saturated rings. The summed E-state index contributed by atoms with van der Waals surface area (Å²) in [7, 11) is 0. The summed E-state index contributed by atoms with van der Waals surface area (Å²) in [6, 6.07) is 7.21. The summed E-state index contributed by atoms with van der Waals surface area (Å²) in [5, 5.41) is 3.12. The zero-order valence-corrected chi connectivity index (χ0v) is 10.4. The monoisotopic (exact) mass is 266 g/mol. The van der Waals surface area contributed by atoms with Gasteiger partial charge < -0.3 is 14.8 Å². The number of ketones is 1. The second-order valence-electron chi connectivity index (χ2n) is 4.54. The SMILES string of the molecule is O=C1/C(=C/c2ccncc2)Nc2cc3c(cc21)OCO3. The van der Waals surface area contributed by atoms with Crippen LogP contribution in [0.15, 0.2) is 42.4 Å². The number of hydrogen-bond donors (Lipinski definition) is 1. The molecule has 5 nitrogen and oxygen atoms in total. The molecule has 0 spiro atoms. The average molecular weight is 266 g/mol. The van der Waals surface area contributed by atoms with Crippen LogP contribution in [0, 0.1) is 0 Å². The maximum absolute atomic E-state index is 12.4. The van der Waals surface area contributed by atoms with E-state index in [-0.39, 0.29) is 12.6 Å². The molecule has 0 atom stereocenters. The van der Waals surface area contributed by atoms with Gasteiger partial charge in [-0.05, 0) is 29.8 Å². The Kier molecular flexibility index (Phi) is 2.26. The first kappa shape index (κ1) is 11.0. The van der Waals surface area contributed by atoms with Gasteiger partial charge in [0.2, 0.25) is 12.6 Å². The van der Waals surface area contributed by atoms with Crippen molar-refractivity contribution in [2.24, 2.45) is 0 Å². The lowest BCUT2D eigenvalue weighted by molar-refractivity contribution is 0.104. The van der Waals surface area contributed by atoms with E-state index in [1.807, 2.05) is 12.1 Å². The van der Waals surface area contributed by atoms with Crippen LogP contribution in [0.2, 0.25) is 0 Å². The van der Waals surface area contributed by atoms with E-state index in [4.69, 9.17) is 9.47 Å². The van der Waals surface area contributed by atoms with E-state index in [9.17, 15) is 4.79 Å². The Morgan fingerprint density at radius 2 is 1.90 bits per heavy atom. The van der Waals surface area contributed by atoms with Crippen LogP contribution in [0.5, 0.6) is 11.5 Å². The molecular formula is C15H10N2O3. The van der Waals surface area contributed by atoms with Crippen LogP contribution in [-0.2, 0) is 0 Å². The molecule has 3 heterocycles. The number of anilines is 1.